The number of anilines is 1. The smallest absolute Gasteiger partial charge is 0.325 e. The first-order chi connectivity index (χ1) is 15.4. The van der Waals surface area contributed by atoms with Gasteiger partial charge in [0.25, 0.3) is 5.56 Å². The van der Waals surface area contributed by atoms with Crippen LogP contribution < -0.4 is 16.6 Å². The van der Waals surface area contributed by atoms with E-state index in [1.54, 1.807) is 16.9 Å². The van der Waals surface area contributed by atoms with Gasteiger partial charge in [-0.1, -0.05) is 12.1 Å². The molecule has 5 rings (SSSR count). The van der Waals surface area contributed by atoms with Gasteiger partial charge >= 0.3 is 5.69 Å². The second kappa shape index (κ2) is 7.60. The number of hydrogen-bond donors (Lipinski definition) is 4. The number of aromatic amines is 2. The lowest BCUT2D eigenvalue weighted by Gasteiger charge is -2.14. The van der Waals surface area contributed by atoms with E-state index in [0.29, 0.717) is 17.2 Å². The highest BCUT2D eigenvalue weighted by Crippen LogP contribution is 2.56. The van der Waals surface area contributed by atoms with Crippen LogP contribution in [0.4, 0.5) is 5.69 Å². The van der Waals surface area contributed by atoms with Crippen LogP contribution in [0, 0.1) is 5.41 Å². The van der Waals surface area contributed by atoms with E-state index < -0.39 is 11.2 Å². The highest BCUT2D eigenvalue weighted by molar-refractivity contribution is 5.86. The van der Waals surface area contributed by atoms with Crippen LogP contribution in [-0.2, 0) is 0 Å². The lowest BCUT2D eigenvalue weighted by atomic mass is 10.0. The third-order valence-corrected chi connectivity index (χ3v) is 5.78. The first-order valence-electron chi connectivity index (χ1n) is 10.5. The molecule has 0 saturated heterocycles. The van der Waals surface area contributed by atoms with Crippen LogP contribution in [0.2, 0.25) is 0 Å². The predicted molar refractivity (Wildman–Crippen MR) is 123 cm³/mol. The number of hydrogen-bond acceptors (Lipinski definition) is 6. The van der Waals surface area contributed by atoms with E-state index in [-0.39, 0.29) is 12.0 Å². The Morgan fingerprint density at radius 2 is 2.09 bits per heavy atom. The molecule has 32 heavy (non-hydrogen) atoms. The fourth-order valence-corrected chi connectivity index (χ4v) is 4.22. The van der Waals surface area contributed by atoms with Crippen molar-refractivity contribution in [2.24, 2.45) is 0 Å². The Morgan fingerprint density at radius 3 is 2.84 bits per heavy atom. The third-order valence-electron chi connectivity index (χ3n) is 5.78. The van der Waals surface area contributed by atoms with Crippen LogP contribution in [0.15, 0.2) is 52.4 Å². The van der Waals surface area contributed by atoms with Crippen molar-refractivity contribution >= 4 is 17.5 Å². The van der Waals surface area contributed by atoms with Gasteiger partial charge in [0.1, 0.15) is 0 Å². The molecular formula is C23H23N7O2. The number of aromatic nitrogens is 5. The molecule has 0 aliphatic heterocycles. The van der Waals surface area contributed by atoms with E-state index in [1.807, 2.05) is 12.1 Å². The summed E-state index contributed by atoms with van der Waals surface area (Å²) in [6.07, 6.45) is 7.15. The zero-order chi connectivity index (χ0) is 22.4. The van der Waals surface area contributed by atoms with E-state index in [2.05, 4.69) is 51.3 Å². The molecular weight excluding hydrogens is 406 g/mol. The van der Waals surface area contributed by atoms with Gasteiger partial charge in [0, 0.05) is 47.7 Å². The Morgan fingerprint density at radius 1 is 1.25 bits per heavy atom. The minimum atomic E-state index is -0.552. The Kier molecular flexibility index (Phi) is 4.73. The van der Waals surface area contributed by atoms with E-state index in [1.165, 1.54) is 18.0 Å². The molecule has 9 heteroatoms. The molecule has 2 atom stereocenters. The van der Waals surface area contributed by atoms with Crippen molar-refractivity contribution in [3.63, 3.8) is 0 Å². The summed E-state index contributed by atoms with van der Waals surface area (Å²) in [5, 5.41) is 15.6. The second-order valence-corrected chi connectivity index (χ2v) is 8.40. The number of nitrogens with one attached hydrogen (secondary N) is 4. The molecule has 3 heterocycles. The summed E-state index contributed by atoms with van der Waals surface area (Å²) >= 11 is 0. The lowest BCUT2D eigenvalue weighted by Crippen LogP contribution is -2.23. The van der Waals surface area contributed by atoms with Crippen LogP contribution in [0.25, 0.3) is 16.9 Å². The average molecular weight is 429 g/mol. The monoisotopic (exact) mass is 429 g/mol. The van der Waals surface area contributed by atoms with Crippen LogP contribution in [0.3, 0.4) is 0 Å². The molecule has 9 nitrogen and oxygen atoms in total. The third kappa shape index (κ3) is 3.51. The molecule has 0 amide bonds. The number of nitrogens with zero attached hydrogens (tertiary/aromatic N) is 3. The maximum atomic E-state index is 12.3. The molecule has 1 unspecified atom stereocenters. The van der Waals surface area contributed by atoms with Gasteiger partial charge in [-0.15, -0.1) is 0 Å². The first-order valence-corrected chi connectivity index (χ1v) is 10.5. The Labute approximate surface area is 183 Å². The highest BCUT2D eigenvalue weighted by Gasteiger charge is 2.41. The van der Waals surface area contributed by atoms with Crippen LogP contribution in [-0.4, -0.2) is 36.8 Å². The summed E-state index contributed by atoms with van der Waals surface area (Å²) in [5.74, 6) is 0.549. The molecule has 0 radical (unpaired) electrons. The van der Waals surface area contributed by atoms with Gasteiger partial charge in [0.2, 0.25) is 0 Å². The number of benzene rings is 1. The SMILES string of the molecule is CC(C)Nc1cc([C@@H]2CC2c2cc(-c3c[nH]c(=O)[nH]c3=O)nn3ccnc23)ccc1C=N. The number of imidazole rings is 1. The molecule has 0 bridgehead atoms. The van der Waals surface area contributed by atoms with Crippen molar-refractivity contribution in [1.82, 2.24) is 24.6 Å². The zero-order valence-electron chi connectivity index (χ0n) is 17.7. The van der Waals surface area contributed by atoms with Crippen molar-refractivity contribution in [1.29, 1.82) is 5.41 Å². The van der Waals surface area contributed by atoms with Crippen molar-refractivity contribution in [2.75, 3.05) is 5.32 Å². The first kappa shape index (κ1) is 19.9. The molecule has 1 fully saturated rings. The molecule has 1 aromatic carbocycles. The van der Waals surface area contributed by atoms with E-state index in [4.69, 9.17) is 5.41 Å². The van der Waals surface area contributed by atoms with Crippen molar-refractivity contribution < 1.29 is 0 Å². The molecule has 4 N–H and O–H groups in total. The van der Waals surface area contributed by atoms with E-state index in [0.717, 1.165) is 28.9 Å². The normalized spacial score (nSPS) is 17.6. The van der Waals surface area contributed by atoms with Gasteiger partial charge in [-0.2, -0.15) is 5.10 Å². The maximum Gasteiger partial charge on any atom is 0.325 e. The lowest BCUT2D eigenvalue weighted by molar-refractivity contribution is 0.896. The van der Waals surface area contributed by atoms with Crippen molar-refractivity contribution in [3.05, 3.63) is 80.4 Å². The largest absolute Gasteiger partial charge is 0.382 e. The van der Waals surface area contributed by atoms with Gasteiger partial charge in [-0.05, 0) is 49.8 Å². The zero-order valence-corrected chi connectivity index (χ0v) is 17.7. The predicted octanol–water partition coefficient (Wildman–Crippen LogP) is 2.86. The standard InChI is InChI=1S/C23H23N7O2/c1-12(2)27-19-7-13(3-4-14(19)10-24)15-8-16(15)17-9-20(29-30-6-5-25-21(17)30)18-11-26-23(32)28-22(18)31/h3-7,9-12,15-16,24,27H,8H2,1-2H3,(H2,26,28,31,32)/t15-,16?/m0/s1. The average Bonchev–Trinajstić information content (AvgIpc) is 3.41. The van der Waals surface area contributed by atoms with Gasteiger partial charge in [-0.3, -0.25) is 9.78 Å². The van der Waals surface area contributed by atoms with Crippen LogP contribution in [0.5, 0.6) is 0 Å². The molecule has 1 aliphatic carbocycles. The molecule has 1 aliphatic rings. The fourth-order valence-electron chi connectivity index (χ4n) is 4.22. The van der Waals surface area contributed by atoms with Gasteiger partial charge in [0.15, 0.2) is 5.65 Å². The van der Waals surface area contributed by atoms with Crippen LogP contribution >= 0.6 is 0 Å². The van der Waals surface area contributed by atoms with Crippen molar-refractivity contribution in [3.8, 4) is 11.3 Å². The fraction of sp³-hybridized carbons (Fsp3) is 0.261. The molecule has 4 aromatic rings. The quantitative estimate of drug-likeness (QED) is 0.350. The topological polar surface area (TPSA) is 132 Å². The maximum absolute atomic E-state index is 12.3. The number of fused-ring (bicyclic) bond motifs is 1. The Bertz CT molecular complexity index is 1450. The molecule has 3 aromatic heterocycles. The van der Waals surface area contributed by atoms with Gasteiger partial charge in [0.05, 0.1) is 11.3 Å². The van der Waals surface area contributed by atoms with Crippen LogP contribution in [0.1, 0.15) is 48.8 Å². The summed E-state index contributed by atoms with van der Waals surface area (Å²) in [5.41, 5.74) is 4.55. The highest BCUT2D eigenvalue weighted by atomic mass is 16.2. The summed E-state index contributed by atoms with van der Waals surface area (Å²) in [7, 11) is 0. The minimum Gasteiger partial charge on any atom is -0.382 e. The van der Waals surface area contributed by atoms with Crippen molar-refractivity contribution in [2.45, 2.75) is 38.1 Å². The minimum absolute atomic E-state index is 0.237. The molecule has 0 spiro atoms. The Balaban J connectivity index is 1.54. The number of rotatable bonds is 6. The van der Waals surface area contributed by atoms with E-state index >= 15 is 0 Å². The Hall–Kier alpha value is -4.01. The van der Waals surface area contributed by atoms with Gasteiger partial charge < -0.3 is 15.7 Å². The van der Waals surface area contributed by atoms with E-state index in [9.17, 15) is 9.59 Å². The summed E-state index contributed by atoms with van der Waals surface area (Å²) < 4.78 is 1.68. The number of H-pyrrole nitrogens is 2. The molecule has 162 valence electrons. The summed E-state index contributed by atoms with van der Waals surface area (Å²) in [6.45, 7) is 4.15. The second-order valence-electron chi connectivity index (χ2n) is 8.40. The summed E-state index contributed by atoms with van der Waals surface area (Å²) in [6, 6.07) is 8.35. The summed E-state index contributed by atoms with van der Waals surface area (Å²) in [4.78, 5) is 33.0. The van der Waals surface area contributed by atoms with Gasteiger partial charge in [-0.25, -0.2) is 14.3 Å². The molecule has 1 saturated carbocycles.